The normalized spacial score (nSPS) is 11.5. The zero-order valence-electron chi connectivity index (χ0n) is 23.7. The number of nitrogens with one attached hydrogen (secondary N) is 1. The topological polar surface area (TPSA) is 116 Å². The lowest BCUT2D eigenvalue weighted by molar-refractivity contribution is -0.146. The maximum Gasteiger partial charge on any atom is 0.325 e. The van der Waals surface area contributed by atoms with E-state index in [1.54, 1.807) is 19.1 Å². The minimum Gasteiger partial charge on any atom is -0.488 e. The molecule has 12 heteroatoms. The summed E-state index contributed by atoms with van der Waals surface area (Å²) in [6.45, 7) is 1.61. The summed E-state index contributed by atoms with van der Waals surface area (Å²) >= 11 is 3.68. The molecule has 0 aliphatic carbocycles. The van der Waals surface area contributed by atoms with E-state index in [-0.39, 0.29) is 44.5 Å². The largest absolute Gasteiger partial charge is 0.488 e. The predicted molar refractivity (Wildman–Crippen MR) is 168 cm³/mol. The van der Waals surface area contributed by atoms with E-state index < -0.39 is 24.4 Å². The van der Waals surface area contributed by atoms with Crippen LogP contribution >= 0.6 is 28.3 Å². The van der Waals surface area contributed by atoms with Gasteiger partial charge in [0.25, 0.3) is 0 Å². The molecule has 0 aliphatic rings. The van der Waals surface area contributed by atoms with Crippen LogP contribution in [0.4, 0.5) is 4.39 Å². The number of esters is 1. The molecule has 0 fully saturated rings. The third-order valence-corrected chi connectivity index (χ3v) is 7.60. The minimum atomic E-state index is -0.983. The average molecular weight is 687 g/mol. The van der Waals surface area contributed by atoms with Gasteiger partial charge in [-0.3, -0.25) is 10.1 Å². The number of nitrogens with zero attached hydrogens (tertiary/aromatic N) is 2. The number of carbonyl (C=O) groups is 1. The first kappa shape index (κ1) is 32.9. The number of hydrogen-bond donors (Lipinski definition) is 2. The smallest absolute Gasteiger partial charge is 0.325 e. The predicted octanol–water partition coefficient (Wildman–Crippen LogP) is 6.38. The number of rotatable bonds is 13. The molecule has 1 aromatic heterocycles. The average Bonchev–Trinajstić information content (AvgIpc) is 3.49. The van der Waals surface area contributed by atoms with E-state index in [1.165, 1.54) is 12.1 Å². The second-order valence-electron chi connectivity index (χ2n) is 9.57. The molecule has 2 N–H and O–H groups in total. The third kappa shape index (κ3) is 7.92. The highest BCUT2D eigenvalue weighted by atomic mass is 79.9. The first-order valence-electron chi connectivity index (χ1n) is 13.6. The second-order valence-corrected chi connectivity index (χ2v) is 10.4. The first-order chi connectivity index (χ1) is 21.0. The Kier molecular flexibility index (Phi) is 11.7. The van der Waals surface area contributed by atoms with Gasteiger partial charge < -0.3 is 19.3 Å². The summed E-state index contributed by atoms with van der Waals surface area (Å²) in [5.41, 5.74) is 5.27. The number of benzene rings is 4. The number of aliphatic hydroxyl groups excluding tert-OH is 1. The van der Waals surface area contributed by atoms with E-state index >= 15 is 4.39 Å². The van der Waals surface area contributed by atoms with Crippen LogP contribution in [0.1, 0.15) is 23.6 Å². The highest BCUT2D eigenvalue weighted by Gasteiger charge is 2.20. The fourth-order valence-electron chi connectivity index (χ4n) is 4.42. The molecule has 0 amide bonds. The summed E-state index contributed by atoms with van der Waals surface area (Å²) in [5, 5.41) is 20.3. The SMILES string of the molecule is CCOC(=O)[C@@H](CO)NCc1cc(F)c(OCc2cccc(-c3ccccc3)c2Br)cc1OCc1ccc2nonc2c1.Cl. The Labute approximate surface area is 267 Å². The summed E-state index contributed by atoms with van der Waals surface area (Å²) < 4.78 is 38.1. The van der Waals surface area contributed by atoms with Crippen molar-refractivity contribution in [1.29, 1.82) is 0 Å². The Morgan fingerprint density at radius 1 is 0.955 bits per heavy atom. The van der Waals surface area contributed by atoms with Crippen LogP contribution in [0, 0.1) is 5.82 Å². The number of hydrogen-bond acceptors (Lipinski definition) is 9. The number of halogens is 3. The van der Waals surface area contributed by atoms with Gasteiger partial charge in [-0.05, 0) is 68.1 Å². The lowest BCUT2D eigenvalue weighted by Crippen LogP contribution is -2.40. The summed E-state index contributed by atoms with van der Waals surface area (Å²) in [6.07, 6.45) is 0. The van der Waals surface area contributed by atoms with Gasteiger partial charge in [0, 0.05) is 28.2 Å². The molecule has 5 rings (SSSR count). The molecule has 0 radical (unpaired) electrons. The van der Waals surface area contributed by atoms with Crippen LogP contribution in [0.25, 0.3) is 22.2 Å². The summed E-state index contributed by atoms with van der Waals surface area (Å²) in [5.74, 6) is -0.882. The Morgan fingerprint density at radius 3 is 2.50 bits per heavy atom. The number of aromatic nitrogens is 2. The lowest BCUT2D eigenvalue weighted by atomic mass is 10.0. The van der Waals surface area contributed by atoms with E-state index in [0.29, 0.717) is 22.3 Å². The van der Waals surface area contributed by atoms with Crippen LogP contribution in [0.3, 0.4) is 0 Å². The van der Waals surface area contributed by atoms with Crippen molar-refractivity contribution >= 4 is 45.3 Å². The number of carbonyl (C=O) groups excluding carboxylic acids is 1. The third-order valence-electron chi connectivity index (χ3n) is 6.67. The number of fused-ring (bicyclic) bond motifs is 1. The molecule has 0 saturated carbocycles. The molecule has 4 aromatic carbocycles. The molecule has 1 heterocycles. The summed E-state index contributed by atoms with van der Waals surface area (Å²) in [6, 6.07) is 22.9. The number of aliphatic hydroxyl groups is 1. The Morgan fingerprint density at radius 2 is 1.73 bits per heavy atom. The van der Waals surface area contributed by atoms with Crippen molar-refractivity contribution in [2.24, 2.45) is 0 Å². The van der Waals surface area contributed by atoms with Gasteiger partial charge >= 0.3 is 5.97 Å². The van der Waals surface area contributed by atoms with E-state index in [1.807, 2.05) is 54.6 Å². The molecule has 9 nitrogen and oxygen atoms in total. The lowest BCUT2D eigenvalue weighted by Gasteiger charge is -2.18. The minimum absolute atomic E-state index is 0. The molecule has 0 unspecified atom stereocenters. The molecule has 1 atom stereocenters. The zero-order chi connectivity index (χ0) is 30.2. The molecule has 0 bridgehead atoms. The van der Waals surface area contributed by atoms with Crippen LogP contribution in [-0.4, -0.2) is 40.6 Å². The van der Waals surface area contributed by atoms with Crippen molar-refractivity contribution in [3.05, 3.63) is 106 Å². The van der Waals surface area contributed by atoms with Gasteiger partial charge in [0.1, 0.15) is 36.0 Å². The van der Waals surface area contributed by atoms with Gasteiger partial charge in [-0.25, -0.2) is 9.02 Å². The van der Waals surface area contributed by atoms with Gasteiger partial charge in [0.05, 0.1) is 13.2 Å². The zero-order valence-corrected chi connectivity index (χ0v) is 26.1. The Bertz CT molecular complexity index is 1700. The van der Waals surface area contributed by atoms with E-state index in [0.717, 1.165) is 26.7 Å². The van der Waals surface area contributed by atoms with Crippen LogP contribution in [0.5, 0.6) is 11.5 Å². The van der Waals surface area contributed by atoms with Crippen LogP contribution in [0.15, 0.2) is 88.0 Å². The molecular weight excluding hydrogens is 657 g/mol. The van der Waals surface area contributed by atoms with E-state index in [4.69, 9.17) is 18.8 Å². The van der Waals surface area contributed by atoms with Crippen molar-refractivity contribution in [1.82, 2.24) is 15.6 Å². The molecule has 0 saturated heterocycles. The van der Waals surface area contributed by atoms with Crippen LogP contribution in [0.2, 0.25) is 0 Å². The molecule has 44 heavy (non-hydrogen) atoms. The van der Waals surface area contributed by atoms with Crippen molar-refractivity contribution < 1.29 is 33.1 Å². The standard InChI is InChI=1S/C32H29BrFN3O6.ClH/c1-2-40-32(39)28(17-38)35-16-23-14-25(34)30(15-29(23)41-18-20-11-12-26-27(13-20)37-43-36-26)42-19-22-9-6-10-24(31(22)33)21-7-4-3-5-8-21;/h3-15,28,35,38H,2,16-19H2,1H3;1H/t28-;/m1./s1. The quantitative estimate of drug-likeness (QED) is 0.136. The highest BCUT2D eigenvalue weighted by molar-refractivity contribution is 9.10. The fourth-order valence-corrected chi connectivity index (χ4v) is 5.03. The van der Waals surface area contributed by atoms with Crippen molar-refractivity contribution in [2.75, 3.05) is 13.2 Å². The van der Waals surface area contributed by atoms with E-state index in [2.05, 4.69) is 31.6 Å². The molecule has 0 spiro atoms. The fraction of sp³-hybridized carbons (Fsp3) is 0.219. The molecule has 5 aromatic rings. The highest BCUT2D eigenvalue weighted by Crippen LogP contribution is 2.34. The molecule has 0 aliphatic heterocycles. The van der Waals surface area contributed by atoms with Gasteiger partial charge in [-0.1, -0.05) is 54.6 Å². The van der Waals surface area contributed by atoms with Gasteiger partial charge in [-0.2, -0.15) is 0 Å². The maximum atomic E-state index is 15.4. The van der Waals surface area contributed by atoms with Gasteiger partial charge in [0.2, 0.25) is 0 Å². The molecular formula is C32H30BrClFN3O6. The summed E-state index contributed by atoms with van der Waals surface area (Å²) in [4.78, 5) is 12.2. The first-order valence-corrected chi connectivity index (χ1v) is 14.4. The second kappa shape index (κ2) is 15.6. The van der Waals surface area contributed by atoms with Crippen molar-refractivity contribution in [3.8, 4) is 22.6 Å². The van der Waals surface area contributed by atoms with Crippen molar-refractivity contribution in [3.63, 3.8) is 0 Å². The van der Waals surface area contributed by atoms with Gasteiger partial charge in [-0.15, -0.1) is 12.4 Å². The van der Waals surface area contributed by atoms with Crippen molar-refractivity contribution in [2.45, 2.75) is 32.7 Å². The Balaban J connectivity index is 0.00000442. The van der Waals surface area contributed by atoms with E-state index in [9.17, 15) is 9.90 Å². The monoisotopic (exact) mass is 685 g/mol. The van der Waals surface area contributed by atoms with Crippen LogP contribution < -0.4 is 14.8 Å². The van der Waals surface area contributed by atoms with Gasteiger partial charge in [0.15, 0.2) is 11.6 Å². The Hall–Kier alpha value is -4.03. The maximum absolute atomic E-state index is 15.4. The molecule has 230 valence electrons. The summed E-state index contributed by atoms with van der Waals surface area (Å²) in [7, 11) is 0. The van der Waals surface area contributed by atoms with Crippen LogP contribution in [-0.2, 0) is 29.3 Å². The number of ether oxygens (including phenoxy) is 3.